The number of hydrogen-bond acceptors (Lipinski definition) is 4. The largest absolute Gasteiger partial charge is 0.443 e. The fourth-order valence-corrected chi connectivity index (χ4v) is 3.70. The van der Waals surface area contributed by atoms with Gasteiger partial charge in [-0.15, -0.1) is 11.3 Å². The molecule has 0 N–H and O–H groups in total. The van der Waals surface area contributed by atoms with Gasteiger partial charge in [0.25, 0.3) is 0 Å². The van der Waals surface area contributed by atoms with Crippen molar-refractivity contribution >= 4 is 17.3 Å². The van der Waals surface area contributed by atoms with E-state index in [4.69, 9.17) is 10.00 Å². The first-order valence-electron chi connectivity index (χ1n) is 7.03. The maximum atomic E-state index is 11.9. The molecule has 1 aliphatic carbocycles. The predicted molar refractivity (Wildman–Crippen MR) is 79.8 cm³/mol. The topological polar surface area (TPSA) is 50.1 Å². The Hall–Kier alpha value is -1.34. The SMILES string of the molecule is C[C@H](C#N)OC(=O)c1cc2c(s1)CC[C@H](C(C)(C)C)C2. The van der Waals surface area contributed by atoms with Crippen LogP contribution >= 0.6 is 11.3 Å². The van der Waals surface area contributed by atoms with Gasteiger partial charge in [0.1, 0.15) is 10.9 Å². The van der Waals surface area contributed by atoms with E-state index in [1.54, 1.807) is 6.92 Å². The molecule has 1 aliphatic rings. The first kappa shape index (κ1) is 15.1. The third kappa shape index (κ3) is 3.21. The van der Waals surface area contributed by atoms with Gasteiger partial charge in [0, 0.05) is 4.88 Å². The second-order valence-electron chi connectivity index (χ2n) is 6.54. The summed E-state index contributed by atoms with van der Waals surface area (Å²) in [6.07, 6.45) is 2.57. The zero-order valence-corrected chi connectivity index (χ0v) is 13.3. The Morgan fingerprint density at radius 3 is 2.85 bits per heavy atom. The summed E-state index contributed by atoms with van der Waals surface area (Å²) in [5.74, 6) is 0.289. The number of aryl methyl sites for hydroxylation is 1. The van der Waals surface area contributed by atoms with E-state index < -0.39 is 6.10 Å². The Morgan fingerprint density at radius 2 is 2.25 bits per heavy atom. The van der Waals surface area contributed by atoms with Gasteiger partial charge < -0.3 is 4.74 Å². The molecule has 20 heavy (non-hydrogen) atoms. The van der Waals surface area contributed by atoms with E-state index >= 15 is 0 Å². The molecule has 1 aromatic heterocycles. The molecule has 108 valence electrons. The van der Waals surface area contributed by atoms with Crippen molar-refractivity contribution in [1.82, 2.24) is 0 Å². The summed E-state index contributed by atoms with van der Waals surface area (Å²) >= 11 is 1.52. The smallest absolute Gasteiger partial charge is 0.349 e. The van der Waals surface area contributed by atoms with E-state index in [1.165, 1.54) is 28.2 Å². The third-order valence-corrected chi connectivity index (χ3v) is 5.19. The molecule has 4 heteroatoms. The number of ether oxygens (including phenoxy) is 1. The van der Waals surface area contributed by atoms with E-state index in [9.17, 15) is 4.79 Å². The van der Waals surface area contributed by atoms with Crippen LogP contribution in [0.2, 0.25) is 0 Å². The summed E-state index contributed by atoms with van der Waals surface area (Å²) in [4.78, 5) is 13.9. The number of hydrogen-bond donors (Lipinski definition) is 0. The van der Waals surface area contributed by atoms with Gasteiger partial charge in [-0.3, -0.25) is 0 Å². The Morgan fingerprint density at radius 1 is 1.55 bits per heavy atom. The molecule has 0 bridgehead atoms. The summed E-state index contributed by atoms with van der Waals surface area (Å²) in [6.45, 7) is 8.41. The van der Waals surface area contributed by atoms with Gasteiger partial charge in [0.05, 0.1) is 0 Å². The highest BCUT2D eigenvalue weighted by molar-refractivity contribution is 7.14. The zero-order valence-electron chi connectivity index (χ0n) is 12.5. The Bertz CT molecular complexity index is 548. The maximum absolute atomic E-state index is 11.9. The molecule has 1 aromatic rings. The highest BCUT2D eigenvalue weighted by Crippen LogP contribution is 2.40. The van der Waals surface area contributed by atoms with Crippen molar-refractivity contribution in [2.45, 2.75) is 53.1 Å². The molecular formula is C16H21NO2S. The Balaban J connectivity index is 2.13. The van der Waals surface area contributed by atoms with Crippen molar-refractivity contribution < 1.29 is 9.53 Å². The van der Waals surface area contributed by atoms with Gasteiger partial charge in [-0.1, -0.05) is 20.8 Å². The lowest BCUT2D eigenvalue weighted by Gasteiger charge is -2.33. The summed E-state index contributed by atoms with van der Waals surface area (Å²) in [7, 11) is 0. The van der Waals surface area contributed by atoms with Crippen LogP contribution in [0.4, 0.5) is 0 Å². The average molecular weight is 291 g/mol. The summed E-state index contributed by atoms with van der Waals surface area (Å²) in [6, 6.07) is 3.88. The van der Waals surface area contributed by atoms with E-state index in [0.29, 0.717) is 16.2 Å². The molecule has 0 fully saturated rings. The molecule has 0 saturated carbocycles. The van der Waals surface area contributed by atoms with Gasteiger partial charge in [-0.25, -0.2) is 4.79 Å². The van der Waals surface area contributed by atoms with Crippen LogP contribution in [0.5, 0.6) is 0 Å². The van der Waals surface area contributed by atoms with E-state index in [2.05, 4.69) is 20.8 Å². The number of rotatable bonds is 2. The molecule has 2 rings (SSSR count). The van der Waals surface area contributed by atoms with Crippen LogP contribution < -0.4 is 0 Å². The molecule has 0 aliphatic heterocycles. The summed E-state index contributed by atoms with van der Waals surface area (Å²) < 4.78 is 5.07. The lowest BCUT2D eigenvalue weighted by atomic mass is 9.72. The second-order valence-corrected chi connectivity index (χ2v) is 7.68. The fourth-order valence-electron chi connectivity index (χ4n) is 2.61. The summed E-state index contributed by atoms with van der Waals surface area (Å²) in [5, 5.41) is 8.69. The lowest BCUT2D eigenvalue weighted by Crippen LogP contribution is -2.26. The number of nitriles is 1. The minimum absolute atomic E-state index is 0.301. The van der Waals surface area contributed by atoms with Crippen molar-refractivity contribution in [2.75, 3.05) is 0 Å². The van der Waals surface area contributed by atoms with Crippen LogP contribution in [0.25, 0.3) is 0 Å². The van der Waals surface area contributed by atoms with Crippen LogP contribution in [0.15, 0.2) is 6.07 Å². The second kappa shape index (κ2) is 5.57. The number of nitrogens with zero attached hydrogens (tertiary/aromatic N) is 1. The normalized spacial score (nSPS) is 19.9. The molecule has 0 radical (unpaired) electrons. The monoisotopic (exact) mass is 291 g/mol. The average Bonchev–Trinajstić information content (AvgIpc) is 2.80. The Kier molecular flexibility index (Phi) is 4.19. The molecule has 0 spiro atoms. The van der Waals surface area contributed by atoms with Crippen LogP contribution in [-0.2, 0) is 17.6 Å². The molecule has 0 aromatic carbocycles. The first-order chi connectivity index (χ1) is 9.31. The van der Waals surface area contributed by atoms with Crippen LogP contribution in [0.3, 0.4) is 0 Å². The highest BCUT2D eigenvalue weighted by atomic mass is 32.1. The van der Waals surface area contributed by atoms with Crippen molar-refractivity contribution in [1.29, 1.82) is 5.26 Å². The molecule has 0 amide bonds. The number of carbonyl (C=O) groups is 1. The molecule has 3 nitrogen and oxygen atoms in total. The number of thiophene rings is 1. The quantitative estimate of drug-likeness (QED) is 0.775. The van der Waals surface area contributed by atoms with Gasteiger partial charge in [-0.05, 0) is 49.1 Å². The van der Waals surface area contributed by atoms with Crippen molar-refractivity contribution in [3.05, 3.63) is 21.4 Å². The highest BCUT2D eigenvalue weighted by Gasteiger charge is 2.30. The van der Waals surface area contributed by atoms with E-state index in [-0.39, 0.29) is 5.97 Å². The molecule has 0 unspecified atom stereocenters. The number of carbonyl (C=O) groups excluding carboxylic acids is 1. The fraction of sp³-hybridized carbons (Fsp3) is 0.625. The van der Waals surface area contributed by atoms with E-state index in [0.717, 1.165) is 12.8 Å². The summed E-state index contributed by atoms with van der Waals surface area (Å²) in [5.41, 5.74) is 1.59. The van der Waals surface area contributed by atoms with E-state index in [1.807, 2.05) is 12.1 Å². The van der Waals surface area contributed by atoms with Crippen molar-refractivity contribution in [2.24, 2.45) is 11.3 Å². The maximum Gasteiger partial charge on any atom is 0.349 e. The Labute approximate surface area is 124 Å². The van der Waals surface area contributed by atoms with Gasteiger partial charge in [-0.2, -0.15) is 5.26 Å². The molecule has 0 saturated heterocycles. The minimum Gasteiger partial charge on any atom is -0.443 e. The first-order valence-corrected chi connectivity index (χ1v) is 7.85. The van der Waals surface area contributed by atoms with Gasteiger partial charge >= 0.3 is 5.97 Å². The number of fused-ring (bicyclic) bond motifs is 1. The predicted octanol–water partition coefficient (Wildman–Crippen LogP) is 3.97. The van der Waals surface area contributed by atoms with Gasteiger partial charge in [0.15, 0.2) is 6.10 Å². The number of esters is 1. The standard InChI is InChI=1S/C16H21NO2S/c1-10(9-17)19-15(18)14-8-11-7-12(16(2,3)4)5-6-13(11)20-14/h8,10,12H,5-7H2,1-4H3/t10-,12+/m1/s1. The van der Waals surface area contributed by atoms with Crippen molar-refractivity contribution in [3.8, 4) is 6.07 Å². The zero-order chi connectivity index (χ0) is 14.9. The molecule has 1 heterocycles. The third-order valence-electron chi connectivity index (χ3n) is 3.97. The molecular weight excluding hydrogens is 270 g/mol. The van der Waals surface area contributed by atoms with Crippen LogP contribution in [-0.4, -0.2) is 12.1 Å². The van der Waals surface area contributed by atoms with Crippen molar-refractivity contribution in [3.63, 3.8) is 0 Å². The lowest BCUT2D eigenvalue weighted by molar-refractivity contribution is 0.0441. The minimum atomic E-state index is -0.691. The van der Waals surface area contributed by atoms with Gasteiger partial charge in [0.2, 0.25) is 0 Å². The van der Waals surface area contributed by atoms with Crippen LogP contribution in [0.1, 0.15) is 54.2 Å². The van der Waals surface area contributed by atoms with Crippen LogP contribution in [0, 0.1) is 22.7 Å². The molecule has 2 atom stereocenters.